The van der Waals surface area contributed by atoms with Crippen LogP contribution in [-0.2, 0) is 0 Å². The van der Waals surface area contributed by atoms with E-state index in [2.05, 4.69) is 48.3 Å². The van der Waals surface area contributed by atoms with Crippen molar-refractivity contribution in [3.63, 3.8) is 0 Å². The quantitative estimate of drug-likeness (QED) is 0.826. The smallest absolute Gasteiger partial charge is 0.0294 e. The summed E-state index contributed by atoms with van der Waals surface area (Å²) in [7, 11) is 0. The van der Waals surface area contributed by atoms with Crippen molar-refractivity contribution in [3.05, 3.63) is 71.3 Å². The molecule has 0 radical (unpaired) electrons. The minimum atomic E-state index is 0.429. The molecule has 1 nitrogen and oxygen atoms in total. The Balaban J connectivity index is 1.68. The van der Waals surface area contributed by atoms with Crippen molar-refractivity contribution >= 4 is 0 Å². The third-order valence-electron chi connectivity index (χ3n) is 3.60. The van der Waals surface area contributed by atoms with E-state index in [0.29, 0.717) is 6.04 Å². The summed E-state index contributed by atoms with van der Waals surface area (Å²) in [6.45, 7) is 2.23. The topological polar surface area (TPSA) is 12.0 Å². The summed E-state index contributed by atoms with van der Waals surface area (Å²) >= 11 is 0. The Bertz CT molecular complexity index is 612. The number of benzene rings is 2. The average molecular weight is 261 g/mol. The molecule has 0 saturated heterocycles. The first-order valence-corrected chi connectivity index (χ1v) is 7.24. The molecule has 0 spiro atoms. The molecule has 0 amide bonds. The van der Waals surface area contributed by atoms with E-state index in [9.17, 15) is 0 Å². The van der Waals surface area contributed by atoms with Gasteiger partial charge in [-0.1, -0.05) is 42.2 Å². The average Bonchev–Trinajstić information content (AvgIpc) is 3.31. The molecule has 0 heterocycles. The zero-order chi connectivity index (χ0) is 13.8. The first-order valence-electron chi connectivity index (χ1n) is 7.24. The van der Waals surface area contributed by atoms with E-state index in [1.807, 2.05) is 30.3 Å². The van der Waals surface area contributed by atoms with Gasteiger partial charge in [0.25, 0.3) is 0 Å². The van der Waals surface area contributed by atoms with Crippen molar-refractivity contribution in [2.24, 2.45) is 0 Å². The van der Waals surface area contributed by atoms with Crippen LogP contribution in [0.4, 0.5) is 0 Å². The van der Waals surface area contributed by atoms with Gasteiger partial charge in [-0.15, -0.1) is 0 Å². The molecular weight excluding hydrogens is 242 g/mol. The summed E-state index contributed by atoms with van der Waals surface area (Å²) in [6.07, 6.45) is 2.65. The van der Waals surface area contributed by atoms with Gasteiger partial charge in [0.2, 0.25) is 0 Å². The fourth-order valence-electron chi connectivity index (χ4n) is 2.22. The van der Waals surface area contributed by atoms with E-state index in [1.165, 1.54) is 18.4 Å². The second-order valence-corrected chi connectivity index (χ2v) is 5.40. The van der Waals surface area contributed by atoms with Crippen LogP contribution >= 0.6 is 0 Å². The molecule has 1 fully saturated rings. The highest BCUT2D eigenvalue weighted by Gasteiger charge is 2.22. The van der Waals surface area contributed by atoms with E-state index in [-0.39, 0.29) is 0 Å². The zero-order valence-electron chi connectivity index (χ0n) is 11.8. The highest BCUT2D eigenvalue weighted by molar-refractivity contribution is 5.43. The van der Waals surface area contributed by atoms with Crippen LogP contribution in [0.1, 0.15) is 42.5 Å². The molecule has 0 aromatic heterocycles. The summed E-state index contributed by atoms with van der Waals surface area (Å²) in [5.74, 6) is 6.40. The van der Waals surface area contributed by atoms with Gasteiger partial charge >= 0.3 is 0 Å². The second-order valence-electron chi connectivity index (χ2n) is 5.40. The Kier molecular flexibility index (Phi) is 3.85. The summed E-state index contributed by atoms with van der Waals surface area (Å²) in [5.41, 5.74) is 3.46. The van der Waals surface area contributed by atoms with Crippen LogP contribution in [0.3, 0.4) is 0 Å². The van der Waals surface area contributed by atoms with Gasteiger partial charge in [-0.3, -0.25) is 0 Å². The van der Waals surface area contributed by atoms with E-state index >= 15 is 0 Å². The summed E-state index contributed by atoms with van der Waals surface area (Å²) in [5, 5.41) is 3.61. The summed E-state index contributed by atoms with van der Waals surface area (Å²) < 4.78 is 0. The predicted molar refractivity (Wildman–Crippen MR) is 83.4 cm³/mol. The van der Waals surface area contributed by atoms with E-state index in [4.69, 9.17) is 0 Å². The molecule has 1 N–H and O–H groups in total. The minimum Gasteiger partial charge on any atom is -0.307 e. The van der Waals surface area contributed by atoms with Crippen LogP contribution in [0.5, 0.6) is 0 Å². The first-order chi connectivity index (χ1) is 9.81. The lowest BCUT2D eigenvalue weighted by Gasteiger charge is -2.13. The van der Waals surface area contributed by atoms with Crippen molar-refractivity contribution in [2.75, 3.05) is 0 Å². The standard InChI is InChI=1S/C19H19N/c1-15(20-19-13-14-19)18-11-9-17(10-12-18)8-7-16-5-3-2-4-6-16/h2-6,9-12,15,19-20H,13-14H2,1H3. The van der Waals surface area contributed by atoms with E-state index < -0.39 is 0 Å². The third-order valence-corrected chi connectivity index (χ3v) is 3.60. The SMILES string of the molecule is CC(NC1CC1)c1ccc(C#Cc2ccccc2)cc1. The van der Waals surface area contributed by atoms with Crippen molar-refractivity contribution in [1.82, 2.24) is 5.32 Å². The van der Waals surface area contributed by atoms with Crippen molar-refractivity contribution < 1.29 is 0 Å². The lowest BCUT2D eigenvalue weighted by Crippen LogP contribution is -2.20. The van der Waals surface area contributed by atoms with Crippen molar-refractivity contribution in [1.29, 1.82) is 0 Å². The molecule has 2 aromatic carbocycles. The lowest BCUT2D eigenvalue weighted by atomic mass is 10.1. The Morgan fingerprint density at radius 1 is 0.900 bits per heavy atom. The third kappa shape index (κ3) is 3.50. The van der Waals surface area contributed by atoms with Gasteiger partial charge in [-0.25, -0.2) is 0 Å². The molecule has 100 valence electrons. The first kappa shape index (κ1) is 13.0. The molecule has 1 atom stereocenters. The highest BCUT2D eigenvalue weighted by atomic mass is 15.0. The minimum absolute atomic E-state index is 0.429. The summed E-state index contributed by atoms with van der Waals surface area (Å²) in [6, 6.07) is 19.8. The number of rotatable bonds is 3. The van der Waals surface area contributed by atoms with Crippen LogP contribution in [0.2, 0.25) is 0 Å². The Morgan fingerprint density at radius 3 is 2.10 bits per heavy atom. The maximum atomic E-state index is 3.61. The van der Waals surface area contributed by atoms with Gasteiger partial charge in [0.05, 0.1) is 0 Å². The molecule has 1 aliphatic rings. The zero-order valence-corrected chi connectivity index (χ0v) is 11.8. The van der Waals surface area contributed by atoms with E-state index in [0.717, 1.165) is 17.2 Å². The molecule has 0 bridgehead atoms. The molecule has 1 unspecified atom stereocenters. The molecule has 1 heteroatoms. The molecule has 0 aliphatic heterocycles. The van der Waals surface area contributed by atoms with Crippen LogP contribution in [0, 0.1) is 11.8 Å². The number of nitrogens with one attached hydrogen (secondary N) is 1. The predicted octanol–water partition coefficient (Wildman–Crippen LogP) is 3.90. The molecule has 3 rings (SSSR count). The lowest BCUT2D eigenvalue weighted by molar-refractivity contribution is 0.571. The van der Waals surface area contributed by atoms with Gasteiger partial charge in [-0.05, 0) is 49.6 Å². The molecule has 2 aromatic rings. The monoisotopic (exact) mass is 261 g/mol. The molecule has 1 aliphatic carbocycles. The normalized spacial score (nSPS) is 15.2. The van der Waals surface area contributed by atoms with Crippen LogP contribution in [0.25, 0.3) is 0 Å². The van der Waals surface area contributed by atoms with Crippen LogP contribution in [-0.4, -0.2) is 6.04 Å². The Labute approximate surface area is 121 Å². The second kappa shape index (κ2) is 5.94. The Hall–Kier alpha value is -2.04. The van der Waals surface area contributed by atoms with Gasteiger partial charge in [0.1, 0.15) is 0 Å². The largest absolute Gasteiger partial charge is 0.307 e. The fourth-order valence-corrected chi connectivity index (χ4v) is 2.22. The maximum absolute atomic E-state index is 3.61. The van der Waals surface area contributed by atoms with Gasteiger partial charge in [0.15, 0.2) is 0 Å². The molecule has 20 heavy (non-hydrogen) atoms. The summed E-state index contributed by atoms with van der Waals surface area (Å²) in [4.78, 5) is 0. The van der Waals surface area contributed by atoms with Gasteiger partial charge in [-0.2, -0.15) is 0 Å². The number of hydrogen-bond acceptors (Lipinski definition) is 1. The van der Waals surface area contributed by atoms with Crippen molar-refractivity contribution in [2.45, 2.75) is 31.8 Å². The fraction of sp³-hybridized carbons (Fsp3) is 0.263. The van der Waals surface area contributed by atoms with Crippen molar-refractivity contribution in [3.8, 4) is 11.8 Å². The number of hydrogen-bond donors (Lipinski definition) is 1. The molecule has 1 saturated carbocycles. The Morgan fingerprint density at radius 2 is 1.50 bits per heavy atom. The highest BCUT2D eigenvalue weighted by Crippen LogP contribution is 2.24. The van der Waals surface area contributed by atoms with Gasteiger partial charge < -0.3 is 5.32 Å². The molecular formula is C19H19N. The van der Waals surface area contributed by atoms with Crippen LogP contribution in [0.15, 0.2) is 54.6 Å². The van der Waals surface area contributed by atoms with Gasteiger partial charge in [0, 0.05) is 23.2 Å². The van der Waals surface area contributed by atoms with Crippen LogP contribution < -0.4 is 5.32 Å². The maximum Gasteiger partial charge on any atom is 0.0294 e. The van der Waals surface area contributed by atoms with E-state index in [1.54, 1.807) is 0 Å².